The summed E-state index contributed by atoms with van der Waals surface area (Å²) < 4.78 is 0. The van der Waals surface area contributed by atoms with Crippen molar-refractivity contribution in [2.45, 2.75) is 34.1 Å². The Morgan fingerprint density at radius 3 is 2.69 bits per heavy atom. The van der Waals surface area contributed by atoms with Gasteiger partial charge in [0.25, 0.3) is 0 Å². The third-order valence-corrected chi connectivity index (χ3v) is 4.77. The predicted octanol–water partition coefficient (Wildman–Crippen LogP) is 4.75. The van der Waals surface area contributed by atoms with Crippen LogP contribution >= 0.6 is 0 Å². The Labute approximate surface area is 172 Å². The molecule has 0 unspecified atom stereocenters. The van der Waals surface area contributed by atoms with Crippen molar-refractivity contribution in [1.29, 1.82) is 0 Å². The van der Waals surface area contributed by atoms with Gasteiger partial charge in [-0.15, -0.1) is 0 Å². The average Bonchev–Trinajstić information content (AvgIpc) is 2.65. The fourth-order valence-electron chi connectivity index (χ4n) is 3.03. The number of carbonyl (C=O) groups excluding carboxylic acids is 1. The Morgan fingerprint density at radius 1 is 1.21 bits per heavy atom. The van der Waals surface area contributed by atoms with E-state index in [1.165, 1.54) is 6.08 Å². The summed E-state index contributed by atoms with van der Waals surface area (Å²) in [7, 11) is 0. The van der Waals surface area contributed by atoms with Crippen LogP contribution in [0.4, 0.5) is 5.82 Å². The molecule has 29 heavy (non-hydrogen) atoms. The number of nitrogens with two attached hydrogens (primary N) is 1. The summed E-state index contributed by atoms with van der Waals surface area (Å²) in [5.41, 5.74) is 10.8. The smallest absolute Gasteiger partial charge is 0.244 e. The van der Waals surface area contributed by atoms with Crippen LogP contribution in [0.15, 0.2) is 48.7 Å². The Bertz CT molecular complexity index is 1060. The normalized spacial score (nSPS) is 11.9. The number of amides is 1. The van der Waals surface area contributed by atoms with Gasteiger partial charge in [-0.2, -0.15) is 0 Å². The third-order valence-electron chi connectivity index (χ3n) is 4.77. The van der Waals surface area contributed by atoms with E-state index >= 15 is 0 Å². The SMILES string of the molecule is Cc1ccccc1-c1cc2cc(/C=C/C(=O)NCCC(C)(C)C)c(N)nc2cn1. The second kappa shape index (κ2) is 8.43. The standard InChI is InChI=1S/C24H28N4O/c1-16-7-5-6-8-19(16)20-14-18-13-17(23(25)28-21(18)15-27-20)9-10-22(29)26-12-11-24(2,3)4/h5-10,13-15H,11-12H2,1-4H3,(H2,25,28)(H,26,29)/b10-9+. The van der Waals surface area contributed by atoms with Gasteiger partial charge in [-0.3, -0.25) is 9.78 Å². The number of benzene rings is 1. The number of nitrogens with zero attached hydrogens (tertiary/aromatic N) is 2. The highest BCUT2D eigenvalue weighted by atomic mass is 16.1. The second-order valence-electron chi connectivity index (χ2n) is 8.48. The van der Waals surface area contributed by atoms with E-state index in [2.05, 4.69) is 55.1 Å². The van der Waals surface area contributed by atoms with Crippen molar-refractivity contribution in [2.75, 3.05) is 12.3 Å². The number of carbonyl (C=O) groups is 1. The molecule has 0 bridgehead atoms. The van der Waals surface area contributed by atoms with Gasteiger partial charge in [0.2, 0.25) is 5.91 Å². The van der Waals surface area contributed by atoms with Crippen molar-refractivity contribution in [3.63, 3.8) is 0 Å². The number of rotatable bonds is 5. The van der Waals surface area contributed by atoms with Crippen LogP contribution in [0.25, 0.3) is 28.2 Å². The van der Waals surface area contributed by atoms with E-state index in [1.54, 1.807) is 12.3 Å². The molecular weight excluding hydrogens is 360 g/mol. The van der Waals surface area contributed by atoms with Gasteiger partial charge in [-0.05, 0) is 42.5 Å². The van der Waals surface area contributed by atoms with Crippen LogP contribution in [0.5, 0.6) is 0 Å². The van der Waals surface area contributed by atoms with Crippen molar-refractivity contribution in [3.8, 4) is 11.3 Å². The van der Waals surface area contributed by atoms with E-state index in [9.17, 15) is 4.79 Å². The number of hydrogen-bond donors (Lipinski definition) is 2. The Kier molecular flexibility index (Phi) is 5.97. The predicted molar refractivity (Wildman–Crippen MR) is 120 cm³/mol. The molecule has 5 heteroatoms. The fourth-order valence-corrected chi connectivity index (χ4v) is 3.03. The molecule has 5 nitrogen and oxygen atoms in total. The van der Waals surface area contributed by atoms with Crippen molar-refractivity contribution in [2.24, 2.45) is 5.41 Å². The van der Waals surface area contributed by atoms with Gasteiger partial charge in [0.15, 0.2) is 0 Å². The Balaban J connectivity index is 1.82. The molecule has 3 rings (SSSR count). The van der Waals surface area contributed by atoms with E-state index in [-0.39, 0.29) is 11.3 Å². The lowest BCUT2D eigenvalue weighted by atomic mass is 9.92. The molecular formula is C24H28N4O. The summed E-state index contributed by atoms with van der Waals surface area (Å²) in [6, 6.07) is 12.1. The zero-order valence-electron chi connectivity index (χ0n) is 17.5. The molecule has 2 aromatic heterocycles. The lowest BCUT2D eigenvalue weighted by Crippen LogP contribution is -2.25. The molecule has 150 valence electrons. The minimum atomic E-state index is -0.135. The molecule has 0 aliphatic heterocycles. The van der Waals surface area contributed by atoms with E-state index in [1.807, 2.05) is 24.3 Å². The van der Waals surface area contributed by atoms with Crippen molar-refractivity contribution in [1.82, 2.24) is 15.3 Å². The minimum absolute atomic E-state index is 0.135. The molecule has 0 fully saturated rings. The number of nitrogens with one attached hydrogen (secondary N) is 1. The lowest BCUT2D eigenvalue weighted by Gasteiger charge is -2.17. The van der Waals surface area contributed by atoms with Gasteiger partial charge in [0, 0.05) is 29.1 Å². The summed E-state index contributed by atoms with van der Waals surface area (Å²) in [4.78, 5) is 21.1. The van der Waals surface area contributed by atoms with Crippen molar-refractivity contribution < 1.29 is 4.79 Å². The molecule has 2 heterocycles. The van der Waals surface area contributed by atoms with Gasteiger partial charge < -0.3 is 11.1 Å². The number of anilines is 1. The van der Waals surface area contributed by atoms with Crippen LogP contribution in [0.1, 0.15) is 38.3 Å². The maximum absolute atomic E-state index is 12.1. The fraction of sp³-hybridized carbons (Fsp3) is 0.292. The summed E-state index contributed by atoms with van der Waals surface area (Å²) in [6.45, 7) is 9.15. The van der Waals surface area contributed by atoms with Gasteiger partial charge in [-0.25, -0.2) is 4.98 Å². The van der Waals surface area contributed by atoms with Crippen LogP contribution in [0.3, 0.4) is 0 Å². The molecule has 0 saturated heterocycles. The van der Waals surface area contributed by atoms with E-state index < -0.39 is 0 Å². The van der Waals surface area contributed by atoms with Gasteiger partial charge in [0.05, 0.1) is 17.4 Å². The molecule has 3 N–H and O–H groups in total. The van der Waals surface area contributed by atoms with E-state index in [4.69, 9.17) is 5.73 Å². The Hall–Kier alpha value is -3.21. The highest BCUT2D eigenvalue weighted by Gasteiger charge is 2.10. The second-order valence-corrected chi connectivity index (χ2v) is 8.48. The number of nitrogen functional groups attached to an aromatic ring is 1. The summed E-state index contributed by atoms with van der Waals surface area (Å²) in [5.74, 6) is 0.241. The van der Waals surface area contributed by atoms with Crippen LogP contribution in [-0.2, 0) is 4.79 Å². The van der Waals surface area contributed by atoms with Crippen molar-refractivity contribution >= 4 is 28.7 Å². The molecule has 0 aliphatic rings. The number of pyridine rings is 2. The maximum Gasteiger partial charge on any atom is 0.244 e. The molecule has 0 radical (unpaired) electrons. The molecule has 3 aromatic rings. The molecule has 0 saturated carbocycles. The first-order chi connectivity index (χ1) is 13.7. The first-order valence-corrected chi connectivity index (χ1v) is 9.81. The third kappa shape index (κ3) is 5.41. The number of aryl methyl sites for hydroxylation is 1. The average molecular weight is 389 g/mol. The monoisotopic (exact) mass is 388 g/mol. The maximum atomic E-state index is 12.1. The van der Waals surface area contributed by atoms with Gasteiger partial charge in [-0.1, -0.05) is 45.0 Å². The number of fused-ring (bicyclic) bond motifs is 1. The minimum Gasteiger partial charge on any atom is -0.383 e. The van der Waals surface area contributed by atoms with E-state index in [0.717, 1.165) is 34.1 Å². The van der Waals surface area contributed by atoms with Crippen LogP contribution < -0.4 is 11.1 Å². The zero-order valence-corrected chi connectivity index (χ0v) is 17.5. The topological polar surface area (TPSA) is 80.9 Å². The molecule has 1 aromatic carbocycles. The highest BCUT2D eigenvalue weighted by molar-refractivity contribution is 5.94. The first-order valence-electron chi connectivity index (χ1n) is 9.81. The van der Waals surface area contributed by atoms with Crippen LogP contribution in [0.2, 0.25) is 0 Å². The van der Waals surface area contributed by atoms with E-state index in [0.29, 0.717) is 17.9 Å². The van der Waals surface area contributed by atoms with Crippen LogP contribution in [-0.4, -0.2) is 22.4 Å². The van der Waals surface area contributed by atoms with Crippen molar-refractivity contribution in [3.05, 3.63) is 59.8 Å². The number of hydrogen-bond acceptors (Lipinski definition) is 4. The molecule has 0 atom stereocenters. The van der Waals surface area contributed by atoms with Gasteiger partial charge in [0.1, 0.15) is 5.82 Å². The largest absolute Gasteiger partial charge is 0.383 e. The number of aromatic nitrogens is 2. The summed E-state index contributed by atoms with van der Waals surface area (Å²) >= 11 is 0. The molecule has 0 spiro atoms. The first kappa shape index (κ1) is 20.5. The summed E-state index contributed by atoms with van der Waals surface area (Å²) in [5, 5.41) is 3.84. The lowest BCUT2D eigenvalue weighted by molar-refractivity contribution is -0.116. The zero-order chi connectivity index (χ0) is 21.0. The quantitative estimate of drug-likeness (QED) is 0.618. The van der Waals surface area contributed by atoms with Crippen LogP contribution in [0, 0.1) is 12.3 Å². The van der Waals surface area contributed by atoms with Gasteiger partial charge >= 0.3 is 0 Å². The highest BCUT2D eigenvalue weighted by Crippen LogP contribution is 2.26. The molecule has 0 aliphatic carbocycles. The molecule has 1 amide bonds. The summed E-state index contributed by atoms with van der Waals surface area (Å²) in [6.07, 6.45) is 5.87. The Morgan fingerprint density at radius 2 is 1.97 bits per heavy atom.